The van der Waals surface area contributed by atoms with E-state index < -0.39 is 0 Å². The van der Waals surface area contributed by atoms with Gasteiger partial charge in [-0.2, -0.15) is 0 Å². The van der Waals surface area contributed by atoms with Gasteiger partial charge in [-0.1, -0.05) is 12.8 Å². The van der Waals surface area contributed by atoms with Crippen molar-refractivity contribution in [3.05, 3.63) is 18.5 Å². The van der Waals surface area contributed by atoms with Crippen molar-refractivity contribution < 1.29 is 9.59 Å². The molecule has 2 aliphatic heterocycles. The summed E-state index contributed by atoms with van der Waals surface area (Å²) in [7, 11) is 0. The second kappa shape index (κ2) is 7.60. The van der Waals surface area contributed by atoms with Gasteiger partial charge in [-0.05, 0) is 25.3 Å². The Balaban J connectivity index is 1.27. The molecule has 1 aromatic heterocycles. The molecule has 7 nitrogen and oxygen atoms in total. The first-order valence-electron chi connectivity index (χ1n) is 9.83. The van der Waals surface area contributed by atoms with Crippen molar-refractivity contribution in [2.75, 3.05) is 44.2 Å². The number of rotatable bonds is 3. The molecule has 4 rings (SSSR count). The van der Waals surface area contributed by atoms with E-state index in [0.717, 1.165) is 51.4 Å². The molecule has 1 aromatic rings. The summed E-state index contributed by atoms with van der Waals surface area (Å²) in [6, 6.07) is 1.80. The van der Waals surface area contributed by atoms with E-state index in [1.165, 1.54) is 12.8 Å². The van der Waals surface area contributed by atoms with Gasteiger partial charge >= 0.3 is 0 Å². The zero-order valence-electron chi connectivity index (χ0n) is 15.2. The highest BCUT2D eigenvalue weighted by atomic mass is 16.2. The number of amides is 2. The smallest absolute Gasteiger partial charge is 0.226 e. The molecule has 3 heterocycles. The Morgan fingerprint density at radius 3 is 1.88 bits per heavy atom. The summed E-state index contributed by atoms with van der Waals surface area (Å²) in [5.41, 5.74) is 0. The van der Waals surface area contributed by atoms with Gasteiger partial charge in [0.25, 0.3) is 0 Å². The molecule has 0 aromatic carbocycles. The molecule has 3 aliphatic rings. The summed E-state index contributed by atoms with van der Waals surface area (Å²) in [4.78, 5) is 40.0. The van der Waals surface area contributed by atoms with Crippen molar-refractivity contribution in [3.63, 3.8) is 0 Å². The van der Waals surface area contributed by atoms with Gasteiger partial charge in [0.1, 0.15) is 0 Å². The predicted molar refractivity (Wildman–Crippen MR) is 97.5 cm³/mol. The fourth-order valence-electron chi connectivity index (χ4n) is 4.08. The van der Waals surface area contributed by atoms with Crippen LogP contribution >= 0.6 is 0 Å². The van der Waals surface area contributed by atoms with Crippen molar-refractivity contribution in [1.82, 2.24) is 19.8 Å². The second-order valence-corrected chi connectivity index (χ2v) is 7.55. The van der Waals surface area contributed by atoms with E-state index in [1.807, 2.05) is 9.80 Å². The number of aromatic nitrogens is 2. The molecule has 140 valence electrons. The lowest BCUT2D eigenvalue weighted by Gasteiger charge is -2.34. The summed E-state index contributed by atoms with van der Waals surface area (Å²) in [5, 5.41) is 0. The predicted octanol–water partition coefficient (Wildman–Crippen LogP) is 1.16. The van der Waals surface area contributed by atoms with E-state index in [9.17, 15) is 9.59 Å². The van der Waals surface area contributed by atoms with Gasteiger partial charge in [-0.3, -0.25) is 9.59 Å². The van der Waals surface area contributed by atoms with Crippen LogP contribution < -0.4 is 4.90 Å². The highest BCUT2D eigenvalue weighted by Crippen LogP contribution is 2.42. The molecule has 2 amide bonds. The van der Waals surface area contributed by atoms with Gasteiger partial charge in [0.05, 0.1) is 11.8 Å². The minimum Gasteiger partial charge on any atom is -0.342 e. The molecule has 1 saturated carbocycles. The number of nitrogens with zero attached hydrogens (tertiary/aromatic N) is 5. The summed E-state index contributed by atoms with van der Waals surface area (Å²) in [5.74, 6) is 0.926. The number of likely N-dealkylation sites (tertiary alicyclic amines) is 1. The topological polar surface area (TPSA) is 69.6 Å². The summed E-state index contributed by atoms with van der Waals surface area (Å²) in [6.07, 6.45) is 8.84. The maximum absolute atomic E-state index is 12.8. The lowest BCUT2D eigenvalue weighted by molar-refractivity contribution is -0.138. The van der Waals surface area contributed by atoms with Crippen LogP contribution in [-0.4, -0.2) is 70.9 Å². The van der Waals surface area contributed by atoms with Crippen LogP contribution in [0.4, 0.5) is 5.95 Å². The van der Waals surface area contributed by atoms with Crippen LogP contribution in [0.15, 0.2) is 18.5 Å². The Hall–Kier alpha value is -2.18. The normalized spacial score (nSPS) is 26.4. The molecular weight excluding hydrogens is 330 g/mol. The third-order valence-electron chi connectivity index (χ3n) is 5.77. The first-order valence-corrected chi connectivity index (χ1v) is 9.83. The van der Waals surface area contributed by atoms with Crippen molar-refractivity contribution in [2.45, 2.75) is 32.1 Å². The standard InChI is InChI=1S/C19H27N5O2/c25-17(22-8-3-1-2-4-9-22)15-14-16(15)18(26)23-10-12-24(13-11-23)19-20-6-5-7-21-19/h5-7,15-16H,1-4,8-14H2. The van der Waals surface area contributed by atoms with E-state index >= 15 is 0 Å². The number of piperazine rings is 1. The summed E-state index contributed by atoms with van der Waals surface area (Å²) in [6.45, 7) is 4.58. The van der Waals surface area contributed by atoms with E-state index in [0.29, 0.717) is 13.1 Å². The van der Waals surface area contributed by atoms with E-state index in [4.69, 9.17) is 0 Å². The fourth-order valence-corrected chi connectivity index (χ4v) is 4.08. The molecule has 7 heteroatoms. The average molecular weight is 357 g/mol. The van der Waals surface area contributed by atoms with Crippen molar-refractivity contribution in [3.8, 4) is 0 Å². The number of carbonyl (C=O) groups excluding carboxylic acids is 2. The van der Waals surface area contributed by atoms with Crippen LogP contribution in [0.1, 0.15) is 32.1 Å². The molecular formula is C19H27N5O2. The van der Waals surface area contributed by atoms with E-state index in [1.54, 1.807) is 18.5 Å². The lowest BCUT2D eigenvalue weighted by Crippen LogP contribution is -2.50. The molecule has 0 N–H and O–H groups in total. The molecule has 26 heavy (non-hydrogen) atoms. The third kappa shape index (κ3) is 3.66. The zero-order chi connectivity index (χ0) is 17.9. The quantitative estimate of drug-likeness (QED) is 0.812. The van der Waals surface area contributed by atoms with Crippen molar-refractivity contribution in [2.24, 2.45) is 11.8 Å². The van der Waals surface area contributed by atoms with Crippen LogP contribution in [0.5, 0.6) is 0 Å². The fraction of sp³-hybridized carbons (Fsp3) is 0.684. The number of anilines is 1. The van der Waals surface area contributed by atoms with Crippen LogP contribution in [0.3, 0.4) is 0 Å². The Labute approximate surface area is 154 Å². The molecule has 1 aliphatic carbocycles. The lowest BCUT2D eigenvalue weighted by atomic mass is 10.2. The largest absolute Gasteiger partial charge is 0.342 e. The summed E-state index contributed by atoms with van der Waals surface area (Å²) < 4.78 is 0. The minimum absolute atomic E-state index is 0.0731. The molecule has 0 bridgehead atoms. The molecule has 0 radical (unpaired) electrons. The highest BCUT2D eigenvalue weighted by Gasteiger charge is 2.51. The minimum atomic E-state index is -0.0923. The molecule has 3 fully saturated rings. The van der Waals surface area contributed by atoms with Crippen LogP contribution in [0, 0.1) is 11.8 Å². The highest BCUT2D eigenvalue weighted by molar-refractivity contribution is 5.92. The third-order valence-corrected chi connectivity index (χ3v) is 5.77. The number of carbonyl (C=O) groups is 2. The van der Waals surface area contributed by atoms with Crippen LogP contribution in [-0.2, 0) is 9.59 Å². The molecule has 2 atom stereocenters. The maximum atomic E-state index is 12.8. The van der Waals surface area contributed by atoms with E-state index in [-0.39, 0.29) is 23.7 Å². The molecule has 2 saturated heterocycles. The van der Waals surface area contributed by atoms with Crippen LogP contribution in [0.2, 0.25) is 0 Å². The Kier molecular flexibility index (Phi) is 5.04. The maximum Gasteiger partial charge on any atom is 0.226 e. The SMILES string of the molecule is O=C(C1CC1C(=O)N1CCN(c2ncccn2)CC1)N1CCCCCC1. The van der Waals surface area contributed by atoms with Crippen LogP contribution in [0.25, 0.3) is 0 Å². The van der Waals surface area contributed by atoms with Crippen molar-refractivity contribution in [1.29, 1.82) is 0 Å². The number of hydrogen-bond acceptors (Lipinski definition) is 5. The van der Waals surface area contributed by atoms with Gasteiger partial charge < -0.3 is 14.7 Å². The number of hydrogen-bond donors (Lipinski definition) is 0. The molecule has 0 spiro atoms. The van der Waals surface area contributed by atoms with Crippen molar-refractivity contribution >= 4 is 17.8 Å². The molecule has 2 unspecified atom stereocenters. The first-order chi connectivity index (χ1) is 12.7. The average Bonchev–Trinajstić information content (AvgIpc) is 3.52. The Morgan fingerprint density at radius 1 is 0.769 bits per heavy atom. The Bertz CT molecular complexity index is 637. The monoisotopic (exact) mass is 357 g/mol. The van der Waals surface area contributed by atoms with E-state index in [2.05, 4.69) is 14.9 Å². The first kappa shape index (κ1) is 17.2. The second-order valence-electron chi connectivity index (χ2n) is 7.55. The zero-order valence-corrected chi connectivity index (χ0v) is 15.2. The van der Waals surface area contributed by atoms with Gasteiger partial charge in [0.15, 0.2) is 0 Å². The Morgan fingerprint density at radius 2 is 1.31 bits per heavy atom. The van der Waals surface area contributed by atoms with Gasteiger partial charge in [0, 0.05) is 51.7 Å². The van der Waals surface area contributed by atoms with Gasteiger partial charge in [-0.25, -0.2) is 9.97 Å². The summed E-state index contributed by atoms with van der Waals surface area (Å²) >= 11 is 0. The van der Waals surface area contributed by atoms with Gasteiger partial charge in [0.2, 0.25) is 17.8 Å². The van der Waals surface area contributed by atoms with Gasteiger partial charge in [-0.15, -0.1) is 0 Å².